The van der Waals surface area contributed by atoms with Gasteiger partial charge in [-0.2, -0.15) is 4.98 Å². The predicted molar refractivity (Wildman–Crippen MR) is 91.6 cm³/mol. The molecule has 8 heteroatoms. The van der Waals surface area contributed by atoms with E-state index in [1.807, 2.05) is 0 Å². The van der Waals surface area contributed by atoms with E-state index in [2.05, 4.69) is 15.5 Å². The fourth-order valence-corrected chi connectivity index (χ4v) is 2.40. The minimum Gasteiger partial charge on any atom is -0.493 e. The summed E-state index contributed by atoms with van der Waals surface area (Å²) in [6, 6.07) is 9.99. The molecule has 0 aliphatic rings. The molecule has 3 rings (SSSR count). The van der Waals surface area contributed by atoms with Crippen LogP contribution in [-0.2, 0) is 6.54 Å². The molecule has 0 amide bonds. The Labute approximate surface area is 148 Å². The van der Waals surface area contributed by atoms with E-state index in [9.17, 15) is 4.39 Å². The second-order valence-corrected chi connectivity index (χ2v) is 5.44. The van der Waals surface area contributed by atoms with E-state index in [1.54, 1.807) is 44.6 Å². The molecule has 1 aromatic heterocycles. The van der Waals surface area contributed by atoms with Gasteiger partial charge in [0.1, 0.15) is 0 Å². The van der Waals surface area contributed by atoms with E-state index >= 15 is 0 Å². The average Bonchev–Trinajstić information content (AvgIpc) is 3.11. The molecule has 130 valence electrons. The zero-order valence-corrected chi connectivity index (χ0v) is 14.3. The number of hydrogen-bond acceptors (Lipinski definition) is 6. The minimum absolute atomic E-state index is 0.0431. The number of nitrogens with one attached hydrogen (secondary N) is 1. The molecular weight excluding hydrogens is 349 g/mol. The van der Waals surface area contributed by atoms with Crippen LogP contribution < -0.4 is 14.8 Å². The summed E-state index contributed by atoms with van der Waals surface area (Å²) in [5.41, 5.74) is 0.972. The van der Waals surface area contributed by atoms with Crippen LogP contribution in [0.15, 0.2) is 40.9 Å². The molecule has 0 bridgehead atoms. The minimum atomic E-state index is -0.524. The number of hydrogen-bond donors (Lipinski definition) is 1. The highest BCUT2D eigenvalue weighted by molar-refractivity contribution is 6.31. The fraction of sp³-hybridized carbons (Fsp3) is 0.176. The van der Waals surface area contributed by atoms with Crippen LogP contribution >= 0.6 is 11.6 Å². The van der Waals surface area contributed by atoms with Gasteiger partial charge < -0.3 is 19.3 Å². The number of aromatic nitrogens is 2. The number of ether oxygens (including phenoxy) is 2. The van der Waals surface area contributed by atoms with Gasteiger partial charge >= 0.3 is 0 Å². The summed E-state index contributed by atoms with van der Waals surface area (Å²) in [6.45, 7) is 0.164. The van der Waals surface area contributed by atoms with Crippen molar-refractivity contribution in [3.8, 4) is 22.9 Å². The van der Waals surface area contributed by atoms with Crippen LogP contribution in [0.4, 0.5) is 10.1 Å². The maximum atomic E-state index is 13.8. The lowest BCUT2D eigenvalue weighted by Gasteiger charge is -2.07. The van der Waals surface area contributed by atoms with Crippen molar-refractivity contribution in [2.45, 2.75) is 6.54 Å². The van der Waals surface area contributed by atoms with Gasteiger partial charge in [0.15, 0.2) is 17.3 Å². The molecule has 1 N–H and O–H groups in total. The molecule has 3 aromatic rings. The van der Waals surface area contributed by atoms with Crippen molar-refractivity contribution in [1.82, 2.24) is 10.1 Å². The third-order valence-electron chi connectivity index (χ3n) is 3.49. The van der Waals surface area contributed by atoms with Crippen molar-refractivity contribution < 1.29 is 18.4 Å². The second-order valence-electron chi connectivity index (χ2n) is 5.04. The Bertz CT molecular complexity index is 885. The third kappa shape index (κ3) is 3.66. The standard InChI is InChI=1S/C17H15ClFN3O3/c1-23-13-7-6-10(8-14(13)24-2)17-21-15(25-22-17)9-20-12-5-3-4-11(18)16(12)19/h3-8,20H,9H2,1-2H3. The summed E-state index contributed by atoms with van der Waals surface area (Å²) in [5, 5.41) is 6.85. The monoisotopic (exact) mass is 363 g/mol. The van der Waals surface area contributed by atoms with Crippen LogP contribution in [-0.4, -0.2) is 24.4 Å². The third-order valence-corrected chi connectivity index (χ3v) is 3.78. The lowest BCUT2D eigenvalue weighted by molar-refractivity contribution is 0.355. The molecule has 0 spiro atoms. The number of methoxy groups -OCH3 is 2. The van der Waals surface area contributed by atoms with Crippen LogP contribution in [0.3, 0.4) is 0 Å². The topological polar surface area (TPSA) is 69.4 Å². The lowest BCUT2D eigenvalue weighted by atomic mass is 10.2. The van der Waals surface area contributed by atoms with Gasteiger partial charge in [-0.1, -0.05) is 22.8 Å². The summed E-state index contributed by atoms with van der Waals surface area (Å²) >= 11 is 5.74. The fourth-order valence-electron chi connectivity index (χ4n) is 2.23. The smallest absolute Gasteiger partial charge is 0.246 e. The first-order valence-corrected chi connectivity index (χ1v) is 7.73. The summed E-state index contributed by atoms with van der Waals surface area (Å²) in [5.74, 6) is 1.34. The highest BCUT2D eigenvalue weighted by atomic mass is 35.5. The first kappa shape index (κ1) is 17.0. The van der Waals surface area contributed by atoms with Crippen LogP contribution in [0, 0.1) is 5.82 Å². The maximum absolute atomic E-state index is 13.8. The van der Waals surface area contributed by atoms with Crippen molar-refractivity contribution in [1.29, 1.82) is 0 Å². The molecule has 0 saturated heterocycles. The second kappa shape index (κ2) is 7.40. The lowest BCUT2D eigenvalue weighted by Crippen LogP contribution is -2.02. The summed E-state index contributed by atoms with van der Waals surface area (Å²) in [6.07, 6.45) is 0. The molecule has 6 nitrogen and oxygen atoms in total. The Morgan fingerprint density at radius 1 is 1.16 bits per heavy atom. The van der Waals surface area contributed by atoms with Gasteiger partial charge in [-0.05, 0) is 30.3 Å². The predicted octanol–water partition coefficient (Wildman–Crippen LogP) is 4.16. The highest BCUT2D eigenvalue weighted by Crippen LogP contribution is 2.31. The van der Waals surface area contributed by atoms with Gasteiger partial charge in [-0.15, -0.1) is 0 Å². The zero-order valence-electron chi connectivity index (χ0n) is 13.5. The molecule has 0 aliphatic carbocycles. The molecule has 25 heavy (non-hydrogen) atoms. The van der Waals surface area contributed by atoms with Crippen molar-refractivity contribution in [2.75, 3.05) is 19.5 Å². The molecule has 0 saturated carbocycles. The Kier molecular flexibility index (Phi) is 5.04. The van der Waals surface area contributed by atoms with E-state index in [-0.39, 0.29) is 17.3 Å². The first-order valence-electron chi connectivity index (χ1n) is 7.35. The Balaban J connectivity index is 1.75. The molecule has 0 radical (unpaired) electrons. The van der Waals surface area contributed by atoms with E-state index in [0.717, 1.165) is 0 Å². The molecule has 0 aliphatic heterocycles. The van der Waals surface area contributed by atoms with E-state index in [1.165, 1.54) is 6.07 Å². The van der Waals surface area contributed by atoms with Gasteiger partial charge in [0.25, 0.3) is 0 Å². The molecule has 0 fully saturated rings. The molecule has 1 heterocycles. The number of halogens is 2. The first-order chi connectivity index (χ1) is 12.1. The van der Waals surface area contributed by atoms with Crippen molar-refractivity contribution >= 4 is 17.3 Å². The van der Waals surface area contributed by atoms with Gasteiger partial charge in [0.05, 0.1) is 31.5 Å². The molecule has 2 aromatic carbocycles. The summed E-state index contributed by atoms with van der Waals surface area (Å²) in [7, 11) is 3.11. The quantitative estimate of drug-likeness (QED) is 0.709. The van der Waals surface area contributed by atoms with Crippen molar-refractivity contribution in [2.24, 2.45) is 0 Å². The molecule has 0 atom stereocenters. The van der Waals surface area contributed by atoms with Crippen molar-refractivity contribution in [3.63, 3.8) is 0 Å². The van der Waals surface area contributed by atoms with E-state index in [0.29, 0.717) is 28.8 Å². The number of anilines is 1. The highest BCUT2D eigenvalue weighted by Gasteiger charge is 2.13. The van der Waals surface area contributed by atoms with Crippen LogP contribution in [0.25, 0.3) is 11.4 Å². The SMILES string of the molecule is COc1ccc(-c2noc(CNc3cccc(Cl)c3F)n2)cc1OC. The molecule has 0 unspecified atom stereocenters. The van der Waals surface area contributed by atoms with Gasteiger partial charge in [0, 0.05) is 5.56 Å². The zero-order chi connectivity index (χ0) is 17.8. The molecular formula is C17H15ClFN3O3. The largest absolute Gasteiger partial charge is 0.493 e. The van der Waals surface area contributed by atoms with Gasteiger partial charge in [-0.25, -0.2) is 4.39 Å². The summed E-state index contributed by atoms with van der Waals surface area (Å²) in [4.78, 5) is 4.29. The maximum Gasteiger partial charge on any atom is 0.246 e. The Morgan fingerprint density at radius 3 is 2.72 bits per heavy atom. The Hall–Kier alpha value is -2.80. The number of rotatable bonds is 6. The normalized spacial score (nSPS) is 10.6. The Morgan fingerprint density at radius 2 is 1.96 bits per heavy atom. The van der Waals surface area contributed by atoms with Crippen LogP contribution in [0.2, 0.25) is 5.02 Å². The van der Waals surface area contributed by atoms with Crippen molar-refractivity contribution in [3.05, 3.63) is 53.1 Å². The number of nitrogens with zero attached hydrogens (tertiary/aromatic N) is 2. The van der Waals surface area contributed by atoms with E-state index in [4.69, 9.17) is 25.6 Å². The average molecular weight is 364 g/mol. The van der Waals surface area contributed by atoms with Crippen LogP contribution in [0.1, 0.15) is 5.89 Å². The van der Waals surface area contributed by atoms with Gasteiger partial charge in [-0.3, -0.25) is 0 Å². The van der Waals surface area contributed by atoms with Crippen LogP contribution in [0.5, 0.6) is 11.5 Å². The number of benzene rings is 2. The van der Waals surface area contributed by atoms with E-state index < -0.39 is 5.82 Å². The van der Waals surface area contributed by atoms with Gasteiger partial charge in [0.2, 0.25) is 11.7 Å². The summed E-state index contributed by atoms with van der Waals surface area (Å²) < 4.78 is 29.5.